The molecule has 78 valence electrons. The highest BCUT2D eigenvalue weighted by Crippen LogP contribution is 2.15. The highest BCUT2D eigenvalue weighted by molar-refractivity contribution is 5.29. The minimum absolute atomic E-state index is 0.460. The van der Waals surface area contributed by atoms with Crippen molar-refractivity contribution in [3.63, 3.8) is 0 Å². The summed E-state index contributed by atoms with van der Waals surface area (Å²) in [6.07, 6.45) is 0. The van der Waals surface area contributed by atoms with Crippen LogP contribution in [-0.2, 0) is 6.54 Å². The molecule has 0 aliphatic rings. The zero-order valence-electron chi connectivity index (χ0n) is 9.29. The minimum Gasteiger partial charge on any atom is -0.495 e. The van der Waals surface area contributed by atoms with E-state index >= 15 is 0 Å². The summed E-state index contributed by atoms with van der Waals surface area (Å²) in [5.41, 5.74) is 1.99. The molecule has 14 heavy (non-hydrogen) atoms. The highest BCUT2D eigenvalue weighted by Gasteiger charge is 2.04. The van der Waals surface area contributed by atoms with Crippen LogP contribution >= 0.6 is 0 Å². The van der Waals surface area contributed by atoms with Crippen LogP contribution in [0.1, 0.15) is 25.2 Å². The fraction of sp³-hybridized carbons (Fsp3) is 0.545. The van der Waals surface area contributed by atoms with Crippen molar-refractivity contribution in [3.05, 3.63) is 23.5 Å². The van der Waals surface area contributed by atoms with Gasteiger partial charge < -0.3 is 10.1 Å². The zero-order chi connectivity index (χ0) is 10.6. The number of pyridine rings is 1. The van der Waals surface area contributed by atoms with Gasteiger partial charge in [-0.1, -0.05) is 13.8 Å². The molecule has 0 saturated carbocycles. The number of aryl methyl sites for hydroxylation is 1. The molecule has 0 amide bonds. The number of ether oxygens (including phenoxy) is 1. The predicted molar refractivity (Wildman–Crippen MR) is 57.5 cm³/mol. The van der Waals surface area contributed by atoms with Gasteiger partial charge >= 0.3 is 0 Å². The lowest BCUT2D eigenvalue weighted by molar-refractivity contribution is 0.402. The Balaban J connectivity index is 2.77. The Morgan fingerprint density at radius 3 is 2.71 bits per heavy atom. The maximum absolute atomic E-state index is 5.23. The number of hydrogen-bond acceptors (Lipinski definition) is 3. The smallest absolute Gasteiger partial charge is 0.141 e. The molecule has 1 aromatic heterocycles. The van der Waals surface area contributed by atoms with Crippen molar-refractivity contribution in [1.82, 2.24) is 10.3 Å². The number of methoxy groups -OCH3 is 1. The Bertz CT molecular complexity index is 297. The van der Waals surface area contributed by atoms with E-state index in [0.717, 1.165) is 23.7 Å². The van der Waals surface area contributed by atoms with Crippen LogP contribution in [0.15, 0.2) is 12.1 Å². The van der Waals surface area contributed by atoms with Crippen molar-refractivity contribution < 1.29 is 4.74 Å². The van der Waals surface area contributed by atoms with Crippen LogP contribution < -0.4 is 10.1 Å². The Morgan fingerprint density at radius 1 is 1.43 bits per heavy atom. The van der Waals surface area contributed by atoms with E-state index in [1.165, 1.54) is 0 Å². The van der Waals surface area contributed by atoms with Crippen LogP contribution in [0.25, 0.3) is 0 Å². The van der Waals surface area contributed by atoms with Crippen LogP contribution in [0.4, 0.5) is 0 Å². The maximum atomic E-state index is 5.23. The van der Waals surface area contributed by atoms with Gasteiger partial charge in [-0.05, 0) is 19.1 Å². The largest absolute Gasteiger partial charge is 0.495 e. The lowest BCUT2D eigenvalue weighted by Crippen LogP contribution is -2.22. The molecule has 0 atom stereocenters. The maximum Gasteiger partial charge on any atom is 0.141 e. The summed E-state index contributed by atoms with van der Waals surface area (Å²) in [7, 11) is 1.67. The molecule has 3 nitrogen and oxygen atoms in total. The van der Waals surface area contributed by atoms with Crippen LogP contribution in [0.5, 0.6) is 5.75 Å². The molecule has 1 rings (SSSR count). The molecule has 0 saturated heterocycles. The molecule has 0 aliphatic carbocycles. The molecular weight excluding hydrogens is 176 g/mol. The number of hydrogen-bond donors (Lipinski definition) is 1. The summed E-state index contributed by atoms with van der Waals surface area (Å²) in [5, 5.41) is 3.32. The predicted octanol–water partition coefficient (Wildman–Crippen LogP) is 1.90. The van der Waals surface area contributed by atoms with Crippen LogP contribution in [0.3, 0.4) is 0 Å². The lowest BCUT2D eigenvalue weighted by atomic mass is 10.2. The van der Waals surface area contributed by atoms with E-state index in [1.54, 1.807) is 7.11 Å². The Morgan fingerprint density at radius 2 is 2.14 bits per heavy atom. The van der Waals surface area contributed by atoms with Gasteiger partial charge in [-0.2, -0.15) is 0 Å². The van der Waals surface area contributed by atoms with Gasteiger partial charge in [0.25, 0.3) is 0 Å². The second kappa shape index (κ2) is 4.96. The first-order valence-corrected chi connectivity index (χ1v) is 4.87. The van der Waals surface area contributed by atoms with Gasteiger partial charge in [0.1, 0.15) is 5.75 Å². The van der Waals surface area contributed by atoms with Gasteiger partial charge in [0, 0.05) is 18.3 Å². The van der Waals surface area contributed by atoms with Gasteiger partial charge in [0.05, 0.1) is 12.8 Å². The molecule has 1 aromatic rings. The molecule has 0 bridgehead atoms. The first kappa shape index (κ1) is 11.0. The fourth-order valence-corrected chi connectivity index (χ4v) is 1.21. The van der Waals surface area contributed by atoms with E-state index in [4.69, 9.17) is 4.74 Å². The number of aromatic nitrogens is 1. The lowest BCUT2D eigenvalue weighted by Gasteiger charge is -2.11. The second-order valence-corrected chi connectivity index (χ2v) is 3.64. The molecule has 0 aromatic carbocycles. The first-order valence-electron chi connectivity index (χ1n) is 4.87. The molecule has 0 spiro atoms. The molecule has 1 N–H and O–H groups in total. The summed E-state index contributed by atoms with van der Waals surface area (Å²) in [6, 6.07) is 4.37. The number of nitrogens with zero attached hydrogens (tertiary/aromatic N) is 1. The molecule has 0 aliphatic heterocycles. The Hall–Kier alpha value is -1.09. The van der Waals surface area contributed by atoms with E-state index in [2.05, 4.69) is 24.1 Å². The van der Waals surface area contributed by atoms with Crippen molar-refractivity contribution in [1.29, 1.82) is 0 Å². The Kier molecular flexibility index (Phi) is 3.89. The first-order chi connectivity index (χ1) is 6.63. The third-order valence-electron chi connectivity index (χ3n) is 1.97. The van der Waals surface area contributed by atoms with E-state index in [1.807, 2.05) is 19.1 Å². The SMILES string of the molecule is COc1ccc(C)nc1CNC(C)C. The number of nitrogens with one attached hydrogen (secondary N) is 1. The fourth-order valence-electron chi connectivity index (χ4n) is 1.21. The third kappa shape index (κ3) is 3.00. The van der Waals surface area contributed by atoms with Gasteiger partial charge in [-0.25, -0.2) is 0 Å². The summed E-state index contributed by atoms with van der Waals surface area (Å²) < 4.78 is 5.23. The van der Waals surface area contributed by atoms with Crippen molar-refractivity contribution in [3.8, 4) is 5.75 Å². The van der Waals surface area contributed by atoms with E-state index in [-0.39, 0.29) is 0 Å². The summed E-state index contributed by atoms with van der Waals surface area (Å²) in [5.74, 6) is 0.851. The minimum atomic E-state index is 0.460. The zero-order valence-corrected chi connectivity index (χ0v) is 9.29. The topological polar surface area (TPSA) is 34.1 Å². The van der Waals surface area contributed by atoms with Crippen LogP contribution in [0.2, 0.25) is 0 Å². The van der Waals surface area contributed by atoms with Gasteiger partial charge in [-0.3, -0.25) is 4.98 Å². The van der Waals surface area contributed by atoms with Crippen molar-refractivity contribution in [2.75, 3.05) is 7.11 Å². The van der Waals surface area contributed by atoms with Crippen LogP contribution in [0, 0.1) is 6.92 Å². The van der Waals surface area contributed by atoms with Crippen molar-refractivity contribution >= 4 is 0 Å². The average molecular weight is 194 g/mol. The van der Waals surface area contributed by atoms with Crippen molar-refractivity contribution in [2.24, 2.45) is 0 Å². The van der Waals surface area contributed by atoms with Gasteiger partial charge in [0.15, 0.2) is 0 Å². The summed E-state index contributed by atoms with van der Waals surface area (Å²) >= 11 is 0. The average Bonchev–Trinajstić information content (AvgIpc) is 2.15. The van der Waals surface area contributed by atoms with E-state index in [9.17, 15) is 0 Å². The molecule has 0 radical (unpaired) electrons. The molecular formula is C11H18N2O. The standard InChI is InChI=1S/C11H18N2O/c1-8(2)12-7-10-11(14-4)6-5-9(3)13-10/h5-6,8,12H,7H2,1-4H3. The Labute approximate surface area is 85.5 Å². The van der Waals surface area contributed by atoms with E-state index < -0.39 is 0 Å². The normalized spacial score (nSPS) is 10.6. The quantitative estimate of drug-likeness (QED) is 0.795. The number of rotatable bonds is 4. The van der Waals surface area contributed by atoms with Gasteiger partial charge in [-0.15, -0.1) is 0 Å². The van der Waals surface area contributed by atoms with Gasteiger partial charge in [0.2, 0.25) is 0 Å². The van der Waals surface area contributed by atoms with Crippen LogP contribution in [-0.4, -0.2) is 18.1 Å². The molecule has 0 unspecified atom stereocenters. The highest BCUT2D eigenvalue weighted by atomic mass is 16.5. The van der Waals surface area contributed by atoms with Crippen molar-refractivity contribution in [2.45, 2.75) is 33.4 Å². The molecule has 3 heteroatoms. The molecule has 1 heterocycles. The third-order valence-corrected chi connectivity index (χ3v) is 1.97. The molecule has 0 fully saturated rings. The van der Waals surface area contributed by atoms with E-state index in [0.29, 0.717) is 6.04 Å². The monoisotopic (exact) mass is 194 g/mol. The second-order valence-electron chi connectivity index (χ2n) is 3.64. The summed E-state index contributed by atoms with van der Waals surface area (Å²) in [6.45, 7) is 6.96. The summed E-state index contributed by atoms with van der Waals surface area (Å²) in [4.78, 5) is 4.43.